The van der Waals surface area contributed by atoms with Crippen molar-refractivity contribution in [1.29, 1.82) is 0 Å². The summed E-state index contributed by atoms with van der Waals surface area (Å²) < 4.78 is 27.7. The van der Waals surface area contributed by atoms with Crippen LogP contribution in [0.2, 0.25) is 0 Å². The summed E-state index contributed by atoms with van der Waals surface area (Å²) in [5, 5.41) is 0. The van der Waals surface area contributed by atoms with Crippen LogP contribution in [0.3, 0.4) is 0 Å². The standard InChI is InChI=1S/C18H22O5/c1-11-8-14(20-4)18(15(9-11)21-5)23-16-10-12(2)7-13(19-3)17(16)22-6/h7-10H,1-6H3. The Balaban J connectivity index is 2.57. The molecule has 0 fully saturated rings. The third kappa shape index (κ3) is 3.44. The van der Waals surface area contributed by atoms with Crippen molar-refractivity contribution in [3.05, 3.63) is 35.4 Å². The van der Waals surface area contributed by atoms with Gasteiger partial charge in [0.15, 0.2) is 23.0 Å². The number of hydrogen-bond donors (Lipinski definition) is 0. The summed E-state index contributed by atoms with van der Waals surface area (Å²) in [4.78, 5) is 0. The van der Waals surface area contributed by atoms with Gasteiger partial charge in [0, 0.05) is 0 Å². The Kier molecular flexibility index (Phi) is 5.21. The highest BCUT2D eigenvalue weighted by Gasteiger charge is 2.19. The van der Waals surface area contributed by atoms with E-state index in [1.807, 2.05) is 38.1 Å². The normalized spacial score (nSPS) is 10.2. The van der Waals surface area contributed by atoms with Gasteiger partial charge in [-0.1, -0.05) is 0 Å². The minimum absolute atomic E-state index is 0.492. The first-order valence-electron chi connectivity index (χ1n) is 7.17. The summed E-state index contributed by atoms with van der Waals surface area (Å²) in [6, 6.07) is 7.53. The molecule has 5 heteroatoms. The van der Waals surface area contributed by atoms with Crippen molar-refractivity contribution in [3.63, 3.8) is 0 Å². The molecule has 5 nitrogen and oxygen atoms in total. The van der Waals surface area contributed by atoms with Gasteiger partial charge in [-0.3, -0.25) is 0 Å². The van der Waals surface area contributed by atoms with Crippen LogP contribution < -0.4 is 23.7 Å². The Bertz CT molecular complexity index is 669. The van der Waals surface area contributed by atoms with Gasteiger partial charge in [-0.15, -0.1) is 0 Å². The molecule has 0 aliphatic carbocycles. The second-order valence-electron chi connectivity index (χ2n) is 5.10. The second-order valence-corrected chi connectivity index (χ2v) is 5.10. The first-order chi connectivity index (χ1) is 11.0. The van der Waals surface area contributed by atoms with Crippen molar-refractivity contribution >= 4 is 0 Å². The average molecular weight is 318 g/mol. The minimum atomic E-state index is 0.492. The molecule has 2 aromatic rings. The van der Waals surface area contributed by atoms with E-state index in [4.69, 9.17) is 23.7 Å². The molecule has 0 atom stereocenters. The Morgan fingerprint density at radius 1 is 0.522 bits per heavy atom. The van der Waals surface area contributed by atoms with Crippen LogP contribution in [0, 0.1) is 13.8 Å². The number of rotatable bonds is 6. The molecule has 0 aromatic heterocycles. The predicted molar refractivity (Wildman–Crippen MR) is 88.6 cm³/mol. The number of ether oxygens (including phenoxy) is 5. The SMILES string of the molecule is COc1cc(C)cc(Oc2c(OC)cc(C)cc2OC)c1OC. The number of methoxy groups -OCH3 is 4. The Hall–Kier alpha value is -2.56. The van der Waals surface area contributed by atoms with Crippen LogP contribution in [0.1, 0.15) is 11.1 Å². The molecule has 0 aliphatic rings. The largest absolute Gasteiger partial charge is 0.493 e. The van der Waals surface area contributed by atoms with Gasteiger partial charge in [0.2, 0.25) is 11.5 Å². The molecular formula is C18H22O5. The predicted octanol–water partition coefficient (Wildman–Crippen LogP) is 4.13. The Labute approximate surface area is 136 Å². The van der Waals surface area contributed by atoms with Crippen molar-refractivity contribution in [1.82, 2.24) is 0 Å². The third-order valence-corrected chi connectivity index (χ3v) is 3.41. The van der Waals surface area contributed by atoms with Gasteiger partial charge in [0.1, 0.15) is 0 Å². The van der Waals surface area contributed by atoms with E-state index in [0.717, 1.165) is 11.1 Å². The zero-order chi connectivity index (χ0) is 17.0. The Morgan fingerprint density at radius 3 is 1.30 bits per heavy atom. The Morgan fingerprint density at radius 2 is 0.913 bits per heavy atom. The van der Waals surface area contributed by atoms with E-state index >= 15 is 0 Å². The lowest BCUT2D eigenvalue weighted by molar-refractivity contribution is 0.318. The zero-order valence-electron chi connectivity index (χ0n) is 14.4. The van der Waals surface area contributed by atoms with E-state index in [0.29, 0.717) is 34.5 Å². The summed E-state index contributed by atoms with van der Waals surface area (Å²) in [5.41, 5.74) is 2.00. The molecule has 23 heavy (non-hydrogen) atoms. The van der Waals surface area contributed by atoms with Gasteiger partial charge in [-0.2, -0.15) is 0 Å². The van der Waals surface area contributed by atoms with Crippen LogP contribution >= 0.6 is 0 Å². The van der Waals surface area contributed by atoms with Crippen LogP contribution in [0.4, 0.5) is 0 Å². The molecule has 124 valence electrons. The molecule has 0 radical (unpaired) electrons. The van der Waals surface area contributed by atoms with E-state index in [1.165, 1.54) is 0 Å². The maximum absolute atomic E-state index is 6.07. The fraction of sp³-hybridized carbons (Fsp3) is 0.333. The minimum Gasteiger partial charge on any atom is -0.493 e. The lowest BCUT2D eigenvalue weighted by Gasteiger charge is -2.18. The quantitative estimate of drug-likeness (QED) is 0.801. The molecule has 2 aromatic carbocycles. The smallest absolute Gasteiger partial charge is 0.211 e. The van der Waals surface area contributed by atoms with Crippen molar-refractivity contribution in [2.45, 2.75) is 13.8 Å². The van der Waals surface area contributed by atoms with E-state index < -0.39 is 0 Å². The van der Waals surface area contributed by atoms with E-state index in [2.05, 4.69) is 0 Å². The first-order valence-corrected chi connectivity index (χ1v) is 7.17. The highest BCUT2D eigenvalue weighted by atomic mass is 16.6. The molecule has 0 bridgehead atoms. The van der Waals surface area contributed by atoms with Crippen molar-refractivity contribution in [2.75, 3.05) is 28.4 Å². The van der Waals surface area contributed by atoms with Crippen molar-refractivity contribution in [3.8, 4) is 34.5 Å². The van der Waals surface area contributed by atoms with Gasteiger partial charge in [0.25, 0.3) is 0 Å². The average Bonchev–Trinajstić information content (AvgIpc) is 2.55. The lowest BCUT2D eigenvalue weighted by atomic mass is 10.2. The fourth-order valence-electron chi connectivity index (χ4n) is 2.36. The van der Waals surface area contributed by atoms with Gasteiger partial charge in [-0.25, -0.2) is 0 Å². The molecule has 0 amide bonds. The van der Waals surface area contributed by atoms with E-state index in [9.17, 15) is 0 Å². The molecule has 2 rings (SSSR count). The summed E-state index contributed by atoms with van der Waals surface area (Å²) in [6.45, 7) is 3.92. The van der Waals surface area contributed by atoms with Crippen LogP contribution in [0.5, 0.6) is 34.5 Å². The molecule has 0 N–H and O–H groups in total. The van der Waals surface area contributed by atoms with E-state index in [1.54, 1.807) is 28.4 Å². The molecule has 0 saturated carbocycles. The van der Waals surface area contributed by atoms with Crippen LogP contribution in [0.25, 0.3) is 0 Å². The number of aryl methyl sites for hydroxylation is 2. The monoisotopic (exact) mass is 318 g/mol. The summed E-state index contributed by atoms with van der Waals surface area (Å²) in [5.74, 6) is 3.32. The van der Waals surface area contributed by atoms with Crippen molar-refractivity contribution < 1.29 is 23.7 Å². The highest BCUT2D eigenvalue weighted by Crippen LogP contribution is 2.46. The van der Waals surface area contributed by atoms with Gasteiger partial charge in [-0.05, 0) is 49.2 Å². The zero-order valence-corrected chi connectivity index (χ0v) is 14.4. The maximum Gasteiger partial charge on any atom is 0.211 e. The summed E-state index contributed by atoms with van der Waals surface area (Å²) >= 11 is 0. The molecule has 0 aliphatic heterocycles. The van der Waals surface area contributed by atoms with Gasteiger partial charge < -0.3 is 23.7 Å². The summed E-state index contributed by atoms with van der Waals surface area (Å²) in [6.07, 6.45) is 0. The highest BCUT2D eigenvalue weighted by molar-refractivity contribution is 5.59. The van der Waals surface area contributed by atoms with Crippen LogP contribution in [-0.2, 0) is 0 Å². The summed E-state index contributed by atoms with van der Waals surface area (Å²) in [7, 11) is 6.35. The molecule has 0 unspecified atom stereocenters. The third-order valence-electron chi connectivity index (χ3n) is 3.41. The van der Waals surface area contributed by atoms with Crippen molar-refractivity contribution in [2.24, 2.45) is 0 Å². The maximum atomic E-state index is 6.07. The van der Waals surface area contributed by atoms with Gasteiger partial charge in [0.05, 0.1) is 28.4 Å². The second kappa shape index (κ2) is 7.13. The number of hydrogen-bond acceptors (Lipinski definition) is 5. The molecule has 0 saturated heterocycles. The number of benzene rings is 2. The lowest BCUT2D eigenvalue weighted by Crippen LogP contribution is -1.99. The first kappa shape index (κ1) is 16.8. The van der Waals surface area contributed by atoms with E-state index in [-0.39, 0.29) is 0 Å². The topological polar surface area (TPSA) is 46.2 Å². The molecule has 0 heterocycles. The van der Waals surface area contributed by atoms with Crippen LogP contribution in [-0.4, -0.2) is 28.4 Å². The fourth-order valence-corrected chi connectivity index (χ4v) is 2.36. The van der Waals surface area contributed by atoms with Gasteiger partial charge >= 0.3 is 0 Å². The molecule has 0 spiro atoms. The molecular weight excluding hydrogens is 296 g/mol. The van der Waals surface area contributed by atoms with Crippen LogP contribution in [0.15, 0.2) is 24.3 Å².